The molecule has 166 valence electrons. The van der Waals surface area contributed by atoms with E-state index in [1.165, 1.54) is 0 Å². The molecule has 9 heteroatoms. The first-order valence-corrected chi connectivity index (χ1v) is 9.86. The lowest BCUT2D eigenvalue weighted by Crippen LogP contribution is -2.27. The summed E-state index contributed by atoms with van der Waals surface area (Å²) in [5.74, 6) is -0.730. The Hall–Kier alpha value is -4.14. The van der Waals surface area contributed by atoms with Crippen molar-refractivity contribution in [1.29, 1.82) is 0 Å². The summed E-state index contributed by atoms with van der Waals surface area (Å²) >= 11 is 0. The molecule has 0 fully saturated rings. The molecule has 0 aliphatic carbocycles. The van der Waals surface area contributed by atoms with Gasteiger partial charge in [0.25, 0.3) is 11.5 Å². The van der Waals surface area contributed by atoms with Gasteiger partial charge in [-0.2, -0.15) is 9.78 Å². The van der Waals surface area contributed by atoms with E-state index in [4.69, 9.17) is 14.2 Å². The van der Waals surface area contributed by atoms with E-state index in [2.05, 4.69) is 10.4 Å². The van der Waals surface area contributed by atoms with Crippen LogP contribution in [0.3, 0.4) is 0 Å². The maximum Gasteiger partial charge on any atom is 0.362 e. The molecule has 0 unspecified atom stereocenters. The SMILES string of the molecule is CCOC(=O)c1nn(-c2ccc(C)cc2)c(=O)cc1OCC(=O)Nc1ccc(OC)cc1. The first kappa shape index (κ1) is 22.5. The third-order valence-corrected chi connectivity index (χ3v) is 4.38. The molecule has 1 heterocycles. The molecule has 1 amide bonds. The summed E-state index contributed by atoms with van der Waals surface area (Å²) in [6, 6.07) is 14.9. The molecular weight excluding hydrogens is 414 g/mol. The molecule has 0 saturated carbocycles. The lowest BCUT2D eigenvalue weighted by atomic mass is 10.2. The molecule has 2 aromatic carbocycles. The third-order valence-electron chi connectivity index (χ3n) is 4.38. The van der Waals surface area contributed by atoms with Gasteiger partial charge in [0, 0.05) is 5.69 Å². The molecule has 1 aromatic heterocycles. The number of rotatable bonds is 8. The van der Waals surface area contributed by atoms with E-state index in [9.17, 15) is 14.4 Å². The summed E-state index contributed by atoms with van der Waals surface area (Å²) in [7, 11) is 1.54. The Morgan fingerprint density at radius 2 is 1.75 bits per heavy atom. The van der Waals surface area contributed by atoms with Crippen molar-refractivity contribution in [1.82, 2.24) is 9.78 Å². The van der Waals surface area contributed by atoms with Gasteiger partial charge in [-0.25, -0.2) is 4.79 Å². The fraction of sp³-hybridized carbons (Fsp3) is 0.217. The Morgan fingerprint density at radius 3 is 2.38 bits per heavy atom. The monoisotopic (exact) mass is 437 g/mol. The van der Waals surface area contributed by atoms with Crippen LogP contribution in [0.1, 0.15) is 23.0 Å². The number of ether oxygens (including phenoxy) is 3. The van der Waals surface area contributed by atoms with E-state index in [-0.39, 0.29) is 18.1 Å². The fourth-order valence-electron chi connectivity index (χ4n) is 2.78. The highest BCUT2D eigenvalue weighted by atomic mass is 16.5. The van der Waals surface area contributed by atoms with E-state index < -0.39 is 24.0 Å². The van der Waals surface area contributed by atoms with E-state index in [0.29, 0.717) is 17.1 Å². The summed E-state index contributed by atoms with van der Waals surface area (Å²) in [6.07, 6.45) is 0. The number of carbonyl (C=O) groups excluding carboxylic acids is 2. The number of aryl methyl sites for hydroxylation is 1. The normalized spacial score (nSPS) is 10.3. The van der Waals surface area contributed by atoms with Crippen LogP contribution in [0.2, 0.25) is 0 Å². The van der Waals surface area contributed by atoms with Gasteiger partial charge in [-0.05, 0) is 50.2 Å². The van der Waals surface area contributed by atoms with Gasteiger partial charge >= 0.3 is 5.97 Å². The summed E-state index contributed by atoms with van der Waals surface area (Å²) in [5, 5.41) is 6.79. The first-order chi connectivity index (χ1) is 15.4. The summed E-state index contributed by atoms with van der Waals surface area (Å²) in [5.41, 5.74) is 1.31. The molecule has 0 bridgehead atoms. The number of benzene rings is 2. The number of hydrogen-bond acceptors (Lipinski definition) is 7. The molecule has 0 saturated heterocycles. The predicted octanol–water partition coefficient (Wildman–Crippen LogP) is 2.74. The largest absolute Gasteiger partial charge is 0.497 e. The maximum atomic E-state index is 12.6. The van der Waals surface area contributed by atoms with Crippen LogP contribution in [-0.2, 0) is 9.53 Å². The Kier molecular flexibility index (Phi) is 7.22. The predicted molar refractivity (Wildman–Crippen MR) is 118 cm³/mol. The van der Waals surface area contributed by atoms with Gasteiger partial charge in [0.1, 0.15) is 5.75 Å². The van der Waals surface area contributed by atoms with Crippen molar-refractivity contribution in [2.24, 2.45) is 0 Å². The minimum Gasteiger partial charge on any atom is -0.497 e. The summed E-state index contributed by atoms with van der Waals surface area (Å²) in [4.78, 5) is 37.3. The average molecular weight is 437 g/mol. The van der Waals surface area contributed by atoms with E-state index in [1.54, 1.807) is 50.4 Å². The van der Waals surface area contributed by atoms with Gasteiger partial charge < -0.3 is 19.5 Å². The molecular formula is C23H23N3O6. The van der Waals surface area contributed by atoms with Gasteiger partial charge in [0.05, 0.1) is 25.5 Å². The van der Waals surface area contributed by atoms with E-state index in [0.717, 1.165) is 16.3 Å². The number of anilines is 1. The molecule has 0 aliphatic rings. The molecule has 0 spiro atoms. The Bertz CT molecular complexity index is 1150. The van der Waals surface area contributed by atoms with Gasteiger partial charge in [-0.1, -0.05) is 17.7 Å². The molecule has 0 radical (unpaired) electrons. The van der Waals surface area contributed by atoms with Gasteiger partial charge in [0.2, 0.25) is 5.69 Å². The van der Waals surface area contributed by atoms with Crippen molar-refractivity contribution in [2.45, 2.75) is 13.8 Å². The highest BCUT2D eigenvalue weighted by Crippen LogP contribution is 2.18. The molecule has 3 aromatic rings. The molecule has 0 aliphatic heterocycles. The van der Waals surface area contributed by atoms with Crippen molar-refractivity contribution in [2.75, 3.05) is 25.6 Å². The van der Waals surface area contributed by atoms with Crippen molar-refractivity contribution in [3.05, 3.63) is 76.2 Å². The number of hydrogen-bond donors (Lipinski definition) is 1. The third kappa shape index (κ3) is 5.51. The first-order valence-electron chi connectivity index (χ1n) is 9.86. The average Bonchev–Trinajstić information content (AvgIpc) is 2.79. The van der Waals surface area contributed by atoms with Crippen molar-refractivity contribution >= 4 is 17.6 Å². The number of esters is 1. The zero-order valence-corrected chi connectivity index (χ0v) is 18.0. The second-order valence-corrected chi connectivity index (χ2v) is 6.73. The molecule has 9 nitrogen and oxygen atoms in total. The minimum atomic E-state index is -0.765. The minimum absolute atomic E-state index is 0.113. The Morgan fingerprint density at radius 1 is 1.06 bits per heavy atom. The zero-order chi connectivity index (χ0) is 23.1. The fourth-order valence-corrected chi connectivity index (χ4v) is 2.78. The number of amides is 1. The van der Waals surface area contributed by atoms with Crippen LogP contribution < -0.4 is 20.3 Å². The van der Waals surface area contributed by atoms with Crippen LogP contribution in [0, 0.1) is 6.92 Å². The highest BCUT2D eigenvalue weighted by Gasteiger charge is 2.20. The molecule has 3 rings (SSSR count). The van der Waals surface area contributed by atoms with Crippen LogP contribution in [0.4, 0.5) is 5.69 Å². The lowest BCUT2D eigenvalue weighted by Gasteiger charge is -2.13. The highest BCUT2D eigenvalue weighted by molar-refractivity contribution is 5.93. The maximum absolute atomic E-state index is 12.6. The van der Waals surface area contributed by atoms with Gasteiger partial charge in [0.15, 0.2) is 12.4 Å². The summed E-state index contributed by atoms with van der Waals surface area (Å²) < 4.78 is 16.6. The van der Waals surface area contributed by atoms with Crippen LogP contribution in [-0.4, -0.2) is 42.0 Å². The van der Waals surface area contributed by atoms with Gasteiger partial charge in [-0.3, -0.25) is 9.59 Å². The second kappa shape index (κ2) is 10.3. The van der Waals surface area contributed by atoms with Crippen LogP contribution >= 0.6 is 0 Å². The van der Waals surface area contributed by atoms with Crippen LogP contribution in [0.15, 0.2) is 59.4 Å². The zero-order valence-electron chi connectivity index (χ0n) is 18.0. The van der Waals surface area contributed by atoms with Crippen molar-refractivity contribution in [3.63, 3.8) is 0 Å². The quantitative estimate of drug-likeness (QED) is 0.540. The Balaban J connectivity index is 1.81. The van der Waals surface area contributed by atoms with E-state index in [1.807, 2.05) is 19.1 Å². The van der Waals surface area contributed by atoms with E-state index >= 15 is 0 Å². The Labute approximate surface area is 184 Å². The topological polar surface area (TPSA) is 109 Å². The molecule has 1 N–H and O–H groups in total. The standard InChI is InChI=1S/C23H23N3O6/c1-4-31-23(29)22-19(13-21(28)26(25-22)17-9-5-15(2)6-10-17)32-14-20(27)24-16-7-11-18(30-3)12-8-16/h5-13H,4,14H2,1-3H3,(H,24,27). The second-order valence-electron chi connectivity index (χ2n) is 6.73. The van der Waals surface area contributed by atoms with Crippen LogP contribution in [0.5, 0.6) is 11.5 Å². The van der Waals surface area contributed by atoms with Gasteiger partial charge in [-0.15, -0.1) is 0 Å². The molecule has 0 atom stereocenters. The number of carbonyl (C=O) groups is 2. The number of methoxy groups -OCH3 is 1. The smallest absolute Gasteiger partial charge is 0.362 e. The number of nitrogens with one attached hydrogen (secondary N) is 1. The van der Waals surface area contributed by atoms with Crippen molar-refractivity contribution < 1.29 is 23.8 Å². The lowest BCUT2D eigenvalue weighted by molar-refractivity contribution is -0.118. The number of aromatic nitrogens is 2. The summed E-state index contributed by atoms with van der Waals surface area (Å²) in [6.45, 7) is 3.24. The van der Waals surface area contributed by atoms with Crippen molar-refractivity contribution in [3.8, 4) is 17.2 Å². The van der Waals surface area contributed by atoms with Crippen LogP contribution in [0.25, 0.3) is 5.69 Å². The molecule has 32 heavy (non-hydrogen) atoms. The number of nitrogens with zero attached hydrogens (tertiary/aromatic N) is 2.